The van der Waals surface area contributed by atoms with E-state index < -0.39 is 0 Å². The third-order valence-corrected chi connectivity index (χ3v) is 14.5. The van der Waals surface area contributed by atoms with Gasteiger partial charge in [0.2, 0.25) is 0 Å². The van der Waals surface area contributed by atoms with Crippen LogP contribution in [0.1, 0.15) is 94.7 Å². The van der Waals surface area contributed by atoms with Gasteiger partial charge < -0.3 is 19.1 Å². The summed E-state index contributed by atoms with van der Waals surface area (Å²) >= 11 is 0. The minimum Gasteiger partial charge on any atom is -0.456 e. The van der Waals surface area contributed by atoms with Crippen LogP contribution >= 0.6 is 0 Å². The van der Waals surface area contributed by atoms with Crippen molar-refractivity contribution in [3.8, 4) is 0 Å². The van der Waals surface area contributed by atoms with E-state index in [1.54, 1.807) is 0 Å². The molecule has 2 atom stereocenters. The molecule has 5 heteroatoms. The van der Waals surface area contributed by atoms with Gasteiger partial charge in [-0.15, -0.1) is 0 Å². The van der Waals surface area contributed by atoms with Crippen molar-refractivity contribution in [3.05, 3.63) is 193 Å². The van der Waals surface area contributed by atoms with Gasteiger partial charge in [-0.05, 0) is 162 Å². The molecule has 0 bridgehead atoms. The Morgan fingerprint density at radius 2 is 1.05 bits per heavy atom. The molecule has 1 aromatic heterocycles. The van der Waals surface area contributed by atoms with Crippen molar-refractivity contribution in [3.63, 3.8) is 0 Å². The van der Waals surface area contributed by atoms with Gasteiger partial charge in [0, 0.05) is 50.9 Å². The van der Waals surface area contributed by atoms with E-state index in [0.29, 0.717) is 11.8 Å². The summed E-state index contributed by atoms with van der Waals surface area (Å²) in [7, 11) is 0. The van der Waals surface area contributed by atoms with Crippen LogP contribution in [0.25, 0.3) is 21.9 Å². The van der Waals surface area contributed by atoms with Crippen LogP contribution in [0.15, 0.2) is 180 Å². The molecule has 0 N–H and O–H groups in total. The van der Waals surface area contributed by atoms with E-state index in [9.17, 15) is 0 Å². The smallest absolute Gasteiger partial charge is 0.252 e. The molecule has 9 aromatic rings. The molecule has 0 saturated heterocycles. The van der Waals surface area contributed by atoms with Crippen LogP contribution in [0.5, 0.6) is 0 Å². The summed E-state index contributed by atoms with van der Waals surface area (Å²) in [6.45, 7) is 11.5. The SMILES string of the molecule is CCCC(CC)c1ccc(N2c3cc(N(c4ccccc4)c4ccccc4)ccc3B3c4ccc5oc6ccccc6c5c4N(c4ccc(C(CC)CCC)cc4)c4cc(C)cc2c43)cc1. The average molecular weight is 860 g/mol. The van der Waals surface area contributed by atoms with Gasteiger partial charge in [-0.3, -0.25) is 0 Å². The Morgan fingerprint density at radius 1 is 0.500 bits per heavy atom. The van der Waals surface area contributed by atoms with Gasteiger partial charge in [0.05, 0.1) is 11.1 Å². The highest BCUT2D eigenvalue weighted by Gasteiger charge is 2.45. The highest BCUT2D eigenvalue weighted by Crippen LogP contribution is 2.49. The van der Waals surface area contributed by atoms with Gasteiger partial charge in [-0.2, -0.15) is 0 Å². The molecule has 0 radical (unpaired) electrons. The molecule has 2 aliphatic heterocycles. The first-order valence-electron chi connectivity index (χ1n) is 24.4. The minimum atomic E-state index is -0.0382. The topological polar surface area (TPSA) is 22.9 Å². The number of aryl methyl sites for hydroxylation is 1. The summed E-state index contributed by atoms with van der Waals surface area (Å²) in [6.07, 6.45) is 7.02. The molecular formula is C61H58BN3O. The Kier molecular flexibility index (Phi) is 11.0. The van der Waals surface area contributed by atoms with Crippen LogP contribution in [0.3, 0.4) is 0 Å². The molecule has 0 saturated carbocycles. The molecule has 2 unspecified atom stereocenters. The molecule has 326 valence electrons. The van der Waals surface area contributed by atoms with Crippen molar-refractivity contribution in [2.24, 2.45) is 0 Å². The number of anilines is 9. The lowest BCUT2D eigenvalue weighted by Gasteiger charge is -2.45. The lowest BCUT2D eigenvalue weighted by molar-refractivity contribution is 0.596. The molecule has 0 spiro atoms. The van der Waals surface area contributed by atoms with Gasteiger partial charge in [-0.25, -0.2) is 0 Å². The Balaban J connectivity index is 1.19. The summed E-state index contributed by atoms with van der Waals surface area (Å²) in [6, 6.07) is 65.8. The zero-order valence-electron chi connectivity index (χ0n) is 39.0. The van der Waals surface area contributed by atoms with Gasteiger partial charge in [0.15, 0.2) is 0 Å². The Labute approximate surface area is 391 Å². The molecular weight excluding hydrogens is 802 g/mol. The second kappa shape index (κ2) is 17.4. The van der Waals surface area contributed by atoms with Gasteiger partial charge in [-0.1, -0.05) is 132 Å². The van der Waals surface area contributed by atoms with E-state index in [1.165, 1.54) is 87.2 Å². The number of nitrogens with zero attached hydrogens (tertiary/aromatic N) is 3. The number of rotatable bonds is 13. The van der Waals surface area contributed by atoms with Crippen LogP contribution in [-0.4, -0.2) is 6.71 Å². The number of para-hydroxylation sites is 3. The van der Waals surface area contributed by atoms with Crippen molar-refractivity contribution in [1.82, 2.24) is 0 Å². The Hall–Kier alpha value is -6.98. The van der Waals surface area contributed by atoms with E-state index in [0.717, 1.165) is 57.5 Å². The quantitative estimate of drug-likeness (QED) is 0.108. The maximum atomic E-state index is 6.69. The molecule has 4 nitrogen and oxygen atoms in total. The van der Waals surface area contributed by atoms with Crippen molar-refractivity contribution >= 4 is 96.2 Å². The molecule has 0 fully saturated rings. The Morgan fingerprint density at radius 3 is 1.64 bits per heavy atom. The van der Waals surface area contributed by atoms with E-state index >= 15 is 0 Å². The standard InChI is InChI=1S/C61H58BN3O/c1-6-18-42(8-3)44-26-30-48(31-27-44)64-54-40-50(63(46-20-12-10-13-21-46)47-22-14-11-15-23-47)34-35-52(54)62-53-36-37-58-59(51-24-16-17-25-57(51)66-58)61(53)65(56-39-41(5)38-55(64)60(56)62)49-32-28-45(29-33-49)43(9-4)19-7-2/h10-17,20-40,42-43H,6-9,18-19H2,1-5H3. The van der Waals surface area contributed by atoms with Gasteiger partial charge in [0.1, 0.15) is 11.2 Å². The summed E-state index contributed by atoms with van der Waals surface area (Å²) in [4.78, 5) is 7.52. The summed E-state index contributed by atoms with van der Waals surface area (Å²) < 4.78 is 6.69. The van der Waals surface area contributed by atoms with Crippen LogP contribution in [-0.2, 0) is 0 Å². The Bertz CT molecular complexity index is 3140. The predicted molar refractivity (Wildman–Crippen MR) is 283 cm³/mol. The normalized spacial score (nSPS) is 13.7. The van der Waals surface area contributed by atoms with E-state index in [4.69, 9.17) is 4.42 Å². The second-order valence-corrected chi connectivity index (χ2v) is 18.5. The average Bonchev–Trinajstić information content (AvgIpc) is 3.75. The second-order valence-electron chi connectivity index (χ2n) is 18.5. The highest BCUT2D eigenvalue weighted by atomic mass is 16.3. The fraction of sp³-hybridized carbons (Fsp3) is 0.213. The first kappa shape index (κ1) is 41.7. The number of benzene rings is 8. The summed E-state index contributed by atoms with van der Waals surface area (Å²) in [5, 5.41) is 2.30. The third kappa shape index (κ3) is 6.99. The number of fused-ring (bicyclic) bond motifs is 8. The first-order valence-corrected chi connectivity index (χ1v) is 24.4. The predicted octanol–water partition coefficient (Wildman–Crippen LogP) is 16.0. The van der Waals surface area contributed by atoms with Crippen molar-refractivity contribution < 1.29 is 4.42 Å². The first-order chi connectivity index (χ1) is 32.5. The lowest BCUT2D eigenvalue weighted by atomic mass is 9.33. The minimum absolute atomic E-state index is 0.0382. The zero-order chi connectivity index (χ0) is 44.9. The van der Waals surface area contributed by atoms with Gasteiger partial charge >= 0.3 is 0 Å². The summed E-state index contributed by atoms with van der Waals surface area (Å²) in [5.41, 5.74) is 20.3. The van der Waals surface area contributed by atoms with Crippen LogP contribution in [0.4, 0.5) is 51.2 Å². The molecule has 2 aliphatic rings. The monoisotopic (exact) mass is 859 g/mol. The van der Waals surface area contributed by atoms with Crippen LogP contribution < -0.4 is 31.1 Å². The van der Waals surface area contributed by atoms with E-state index in [1.807, 2.05) is 0 Å². The zero-order valence-corrected chi connectivity index (χ0v) is 39.0. The van der Waals surface area contributed by atoms with E-state index in [-0.39, 0.29) is 6.71 Å². The number of furan rings is 1. The molecule has 0 aliphatic carbocycles. The summed E-state index contributed by atoms with van der Waals surface area (Å²) in [5.74, 6) is 1.10. The number of hydrogen-bond acceptors (Lipinski definition) is 4. The largest absolute Gasteiger partial charge is 0.456 e. The molecule has 0 amide bonds. The maximum absolute atomic E-state index is 6.69. The molecule has 66 heavy (non-hydrogen) atoms. The molecule has 8 aromatic carbocycles. The fourth-order valence-electron chi connectivity index (χ4n) is 11.4. The highest BCUT2D eigenvalue weighted by molar-refractivity contribution is 7.00. The van der Waals surface area contributed by atoms with Crippen molar-refractivity contribution in [1.29, 1.82) is 0 Å². The van der Waals surface area contributed by atoms with Crippen LogP contribution in [0.2, 0.25) is 0 Å². The number of hydrogen-bond donors (Lipinski definition) is 0. The van der Waals surface area contributed by atoms with E-state index in [2.05, 4.69) is 225 Å². The third-order valence-electron chi connectivity index (χ3n) is 14.5. The van der Waals surface area contributed by atoms with Gasteiger partial charge in [0.25, 0.3) is 6.71 Å². The van der Waals surface area contributed by atoms with Crippen LogP contribution in [0, 0.1) is 6.92 Å². The fourth-order valence-corrected chi connectivity index (χ4v) is 11.4. The maximum Gasteiger partial charge on any atom is 0.252 e. The molecule has 11 rings (SSSR count). The lowest BCUT2D eigenvalue weighted by Crippen LogP contribution is -2.61. The van der Waals surface area contributed by atoms with Crippen molar-refractivity contribution in [2.75, 3.05) is 14.7 Å². The van der Waals surface area contributed by atoms with Crippen molar-refractivity contribution in [2.45, 2.75) is 85.0 Å². The molecule has 3 heterocycles.